The molecule has 6 heteroatoms. The van der Waals surface area contributed by atoms with Gasteiger partial charge >= 0.3 is 0 Å². The van der Waals surface area contributed by atoms with E-state index in [-0.39, 0.29) is 12.5 Å². The summed E-state index contributed by atoms with van der Waals surface area (Å²) in [6.07, 6.45) is 3.13. The summed E-state index contributed by atoms with van der Waals surface area (Å²) in [7, 11) is 0. The number of hydrogen-bond donors (Lipinski definition) is 1. The van der Waals surface area contributed by atoms with E-state index in [4.69, 9.17) is 4.42 Å². The monoisotopic (exact) mass is 236 g/mol. The third-order valence-corrected chi connectivity index (χ3v) is 2.67. The Morgan fingerprint density at radius 2 is 2.35 bits per heavy atom. The Morgan fingerprint density at radius 1 is 1.59 bits per heavy atom. The first-order valence-electron chi connectivity index (χ1n) is 5.30. The van der Waals surface area contributed by atoms with Crippen LogP contribution in [0.1, 0.15) is 23.7 Å². The Labute approximate surface area is 97.6 Å². The molecule has 1 atom stereocenters. The molecule has 0 aliphatic carbocycles. The van der Waals surface area contributed by atoms with Crippen molar-refractivity contribution in [2.45, 2.75) is 19.4 Å². The number of hydrogen-bond acceptors (Lipinski definition) is 4. The van der Waals surface area contributed by atoms with Crippen LogP contribution in [-0.2, 0) is 9.59 Å². The van der Waals surface area contributed by atoms with Crippen LogP contribution in [0.25, 0.3) is 0 Å². The topological polar surface area (TPSA) is 79.6 Å². The van der Waals surface area contributed by atoms with Crippen LogP contribution in [0, 0.1) is 0 Å². The maximum atomic E-state index is 12.1. The van der Waals surface area contributed by atoms with Crippen LogP contribution in [0.5, 0.6) is 0 Å². The lowest BCUT2D eigenvalue weighted by molar-refractivity contribution is -0.138. The SMILES string of the molecule is CCC1C(=O)NC(=O)CN1C(=O)c1ccoc1. The summed E-state index contributed by atoms with van der Waals surface area (Å²) in [4.78, 5) is 36.2. The molecular formula is C11H12N2O4. The van der Waals surface area contributed by atoms with Gasteiger partial charge < -0.3 is 9.32 Å². The van der Waals surface area contributed by atoms with Crippen LogP contribution >= 0.6 is 0 Å². The smallest absolute Gasteiger partial charge is 0.258 e. The second-order valence-electron chi connectivity index (χ2n) is 3.78. The molecule has 6 nitrogen and oxygen atoms in total. The number of amides is 3. The molecule has 90 valence electrons. The van der Waals surface area contributed by atoms with E-state index in [0.717, 1.165) is 0 Å². The van der Waals surface area contributed by atoms with Gasteiger partial charge in [-0.25, -0.2) is 0 Å². The second kappa shape index (κ2) is 4.40. The molecule has 0 radical (unpaired) electrons. The van der Waals surface area contributed by atoms with Gasteiger partial charge in [-0.3, -0.25) is 19.7 Å². The molecule has 17 heavy (non-hydrogen) atoms. The van der Waals surface area contributed by atoms with Gasteiger partial charge in [-0.1, -0.05) is 6.92 Å². The molecule has 0 aromatic carbocycles. The van der Waals surface area contributed by atoms with Gasteiger partial charge in [0.2, 0.25) is 11.8 Å². The molecule has 0 spiro atoms. The molecule has 3 amide bonds. The number of nitrogens with zero attached hydrogens (tertiary/aromatic N) is 1. The van der Waals surface area contributed by atoms with Crippen molar-refractivity contribution >= 4 is 17.7 Å². The van der Waals surface area contributed by atoms with Gasteiger partial charge in [0.25, 0.3) is 5.91 Å². The zero-order valence-corrected chi connectivity index (χ0v) is 9.30. The van der Waals surface area contributed by atoms with Crippen molar-refractivity contribution < 1.29 is 18.8 Å². The average Bonchev–Trinajstić information content (AvgIpc) is 2.80. The highest BCUT2D eigenvalue weighted by Crippen LogP contribution is 2.14. The number of nitrogens with one attached hydrogen (secondary N) is 1. The van der Waals surface area contributed by atoms with Crippen LogP contribution in [0.4, 0.5) is 0 Å². The summed E-state index contributed by atoms with van der Waals surface area (Å²) in [6.45, 7) is 1.68. The summed E-state index contributed by atoms with van der Waals surface area (Å²) < 4.78 is 4.82. The highest BCUT2D eigenvalue weighted by molar-refractivity contribution is 6.07. The van der Waals surface area contributed by atoms with Gasteiger partial charge in [0.1, 0.15) is 18.8 Å². The van der Waals surface area contributed by atoms with Crippen molar-refractivity contribution in [3.8, 4) is 0 Å². The number of imide groups is 1. The highest BCUT2D eigenvalue weighted by Gasteiger charge is 2.36. The van der Waals surface area contributed by atoms with Gasteiger partial charge in [0, 0.05) is 0 Å². The average molecular weight is 236 g/mol. The molecule has 1 aliphatic rings. The Bertz CT molecular complexity index is 452. The summed E-state index contributed by atoms with van der Waals surface area (Å²) in [5.41, 5.74) is 0.339. The van der Waals surface area contributed by atoms with Crippen molar-refractivity contribution in [1.29, 1.82) is 0 Å². The predicted molar refractivity (Wildman–Crippen MR) is 57.0 cm³/mol. The van der Waals surface area contributed by atoms with Crippen LogP contribution in [0.2, 0.25) is 0 Å². The van der Waals surface area contributed by atoms with Gasteiger partial charge in [-0.2, -0.15) is 0 Å². The van der Waals surface area contributed by atoms with Crippen molar-refractivity contribution in [1.82, 2.24) is 10.2 Å². The van der Waals surface area contributed by atoms with E-state index < -0.39 is 17.9 Å². The minimum atomic E-state index is -0.602. The summed E-state index contributed by atoms with van der Waals surface area (Å²) in [6, 6.07) is 0.904. The van der Waals surface area contributed by atoms with Crippen molar-refractivity contribution in [2.24, 2.45) is 0 Å². The van der Waals surface area contributed by atoms with Crippen molar-refractivity contribution in [3.63, 3.8) is 0 Å². The fourth-order valence-electron chi connectivity index (χ4n) is 1.84. The number of rotatable bonds is 2. The lowest BCUT2D eigenvalue weighted by Gasteiger charge is -2.33. The van der Waals surface area contributed by atoms with E-state index in [2.05, 4.69) is 5.32 Å². The van der Waals surface area contributed by atoms with E-state index in [9.17, 15) is 14.4 Å². The molecule has 1 aliphatic heterocycles. The number of furan rings is 1. The number of carbonyl (C=O) groups excluding carboxylic acids is 3. The first-order chi connectivity index (χ1) is 8.13. The summed E-state index contributed by atoms with van der Waals surface area (Å²) in [5, 5.41) is 2.22. The first-order valence-corrected chi connectivity index (χ1v) is 5.30. The molecule has 0 bridgehead atoms. The minimum Gasteiger partial charge on any atom is -0.472 e. The Morgan fingerprint density at radius 3 is 2.94 bits per heavy atom. The van der Waals surface area contributed by atoms with Crippen LogP contribution in [0.3, 0.4) is 0 Å². The molecule has 1 unspecified atom stereocenters. The summed E-state index contributed by atoms with van der Waals surface area (Å²) in [5.74, 6) is -1.26. The third kappa shape index (κ3) is 2.06. The van der Waals surface area contributed by atoms with Crippen molar-refractivity contribution in [3.05, 3.63) is 24.2 Å². The van der Waals surface area contributed by atoms with Crippen LogP contribution in [0.15, 0.2) is 23.0 Å². The Kier molecular flexibility index (Phi) is 2.95. The normalized spacial score (nSPS) is 20.3. The second-order valence-corrected chi connectivity index (χ2v) is 3.78. The van der Waals surface area contributed by atoms with Gasteiger partial charge in [0.15, 0.2) is 0 Å². The molecular weight excluding hydrogens is 224 g/mol. The zero-order valence-electron chi connectivity index (χ0n) is 9.30. The fraction of sp³-hybridized carbons (Fsp3) is 0.364. The zero-order chi connectivity index (χ0) is 12.4. The third-order valence-electron chi connectivity index (χ3n) is 2.67. The molecule has 1 saturated heterocycles. The standard InChI is InChI=1S/C11H12N2O4/c1-2-8-10(15)12-9(14)5-13(8)11(16)7-3-4-17-6-7/h3-4,6,8H,2,5H2,1H3,(H,12,14,15). The number of carbonyl (C=O) groups is 3. The largest absolute Gasteiger partial charge is 0.472 e. The van der Waals surface area contributed by atoms with Crippen LogP contribution in [-0.4, -0.2) is 35.2 Å². The Hall–Kier alpha value is -2.11. The van der Waals surface area contributed by atoms with E-state index in [1.54, 1.807) is 6.92 Å². The van der Waals surface area contributed by atoms with Gasteiger partial charge in [0.05, 0.1) is 11.8 Å². The van der Waals surface area contributed by atoms with E-state index in [0.29, 0.717) is 12.0 Å². The van der Waals surface area contributed by atoms with Gasteiger partial charge in [-0.15, -0.1) is 0 Å². The fourth-order valence-corrected chi connectivity index (χ4v) is 1.84. The molecule has 2 rings (SSSR count). The van der Waals surface area contributed by atoms with E-state index in [1.807, 2.05) is 0 Å². The first kappa shape index (κ1) is 11.4. The maximum Gasteiger partial charge on any atom is 0.258 e. The Balaban J connectivity index is 2.25. The molecule has 1 aromatic rings. The predicted octanol–water partition coefficient (Wildman–Crippen LogP) is 0.157. The van der Waals surface area contributed by atoms with Crippen LogP contribution < -0.4 is 5.32 Å². The molecule has 0 saturated carbocycles. The van der Waals surface area contributed by atoms with Gasteiger partial charge in [-0.05, 0) is 12.5 Å². The lowest BCUT2D eigenvalue weighted by atomic mass is 10.1. The minimum absolute atomic E-state index is 0.103. The molecule has 1 N–H and O–H groups in total. The van der Waals surface area contributed by atoms with E-state index >= 15 is 0 Å². The van der Waals surface area contributed by atoms with E-state index in [1.165, 1.54) is 23.5 Å². The quantitative estimate of drug-likeness (QED) is 0.741. The van der Waals surface area contributed by atoms with Crippen molar-refractivity contribution in [2.75, 3.05) is 6.54 Å². The molecule has 1 aromatic heterocycles. The molecule has 1 fully saturated rings. The highest BCUT2D eigenvalue weighted by atomic mass is 16.3. The summed E-state index contributed by atoms with van der Waals surface area (Å²) >= 11 is 0. The number of piperazine rings is 1. The molecule has 2 heterocycles. The lowest BCUT2D eigenvalue weighted by Crippen LogP contribution is -2.59. The maximum absolute atomic E-state index is 12.1.